The van der Waals surface area contributed by atoms with E-state index in [1.807, 2.05) is 6.92 Å². The SMILES string of the molecule is C=Cc1cc(NS(=O)c2cc(C(=O)NCCC)ccc2OC)cnc1C=C. The fraction of sp³-hybridized carbons (Fsp3) is 0.200. The molecular formula is C20H23N3O3S. The average Bonchev–Trinajstić information content (AvgIpc) is 2.71. The zero-order chi connectivity index (χ0) is 19.8. The number of amides is 1. The summed E-state index contributed by atoms with van der Waals surface area (Å²) in [5.74, 6) is 0.205. The molecule has 1 atom stereocenters. The van der Waals surface area contributed by atoms with Gasteiger partial charge in [0.15, 0.2) is 11.0 Å². The molecule has 0 aliphatic carbocycles. The number of carbonyl (C=O) groups excluding carboxylic acids is 1. The van der Waals surface area contributed by atoms with E-state index in [9.17, 15) is 9.00 Å². The number of methoxy groups -OCH3 is 1. The summed E-state index contributed by atoms with van der Waals surface area (Å²) in [5, 5.41) is 2.80. The summed E-state index contributed by atoms with van der Waals surface area (Å²) in [4.78, 5) is 16.8. The highest BCUT2D eigenvalue weighted by molar-refractivity contribution is 7.86. The van der Waals surface area contributed by atoms with Crippen molar-refractivity contribution in [1.29, 1.82) is 0 Å². The Morgan fingerprint density at radius 3 is 2.70 bits per heavy atom. The number of anilines is 1. The quantitative estimate of drug-likeness (QED) is 0.690. The predicted molar refractivity (Wildman–Crippen MR) is 110 cm³/mol. The second-order valence-corrected chi connectivity index (χ2v) is 6.78. The lowest BCUT2D eigenvalue weighted by atomic mass is 10.2. The van der Waals surface area contributed by atoms with Gasteiger partial charge in [-0.1, -0.05) is 26.2 Å². The molecule has 27 heavy (non-hydrogen) atoms. The number of nitrogens with zero attached hydrogens (tertiary/aromatic N) is 1. The third-order valence-electron chi connectivity index (χ3n) is 3.73. The molecule has 0 aliphatic heterocycles. The second kappa shape index (κ2) is 9.68. The van der Waals surface area contributed by atoms with Gasteiger partial charge in [-0.25, -0.2) is 4.21 Å². The first-order chi connectivity index (χ1) is 13.0. The van der Waals surface area contributed by atoms with E-state index >= 15 is 0 Å². The molecule has 7 heteroatoms. The molecule has 0 bridgehead atoms. The smallest absolute Gasteiger partial charge is 0.251 e. The molecule has 0 radical (unpaired) electrons. The molecule has 0 fully saturated rings. The summed E-state index contributed by atoms with van der Waals surface area (Å²) in [5.41, 5.74) is 2.43. The molecule has 0 saturated carbocycles. The number of rotatable bonds is 9. The number of ether oxygens (including phenoxy) is 1. The molecular weight excluding hydrogens is 362 g/mol. The lowest BCUT2D eigenvalue weighted by Gasteiger charge is -2.12. The van der Waals surface area contributed by atoms with Crippen LogP contribution in [0.2, 0.25) is 0 Å². The Morgan fingerprint density at radius 2 is 2.07 bits per heavy atom. The first kappa shape index (κ1) is 20.4. The van der Waals surface area contributed by atoms with Crippen LogP contribution >= 0.6 is 0 Å². The number of hydrogen-bond donors (Lipinski definition) is 2. The maximum atomic E-state index is 12.9. The molecule has 2 aromatic rings. The lowest BCUT2D eigenvalue weighted by molar-refractivity contribution is 0.0953. The number of hydrogen-bond acceptors (Lipinski definition) is 4. The van der Waals surface area contributed by atoms with Crippen molar-refractivity contribution in [3.8, 4) is 5.75 Å². The molecule has 6 nitrogen and oxygen atoms in total. The zero-order valence-corrected chi connectivity index (χ0v) is 16.3. The van der Waals surface area contributed by atoms with Crippen molar-refractivity contribution in [3.05, 3.63) is 60.4 Å². The summed E-state index contributed by atoms with van der Waals surface area (Å²) < 4.78 is 21.0. The highest BCUT2D eigenvalue weighted by Gasteiger charge is 2.15. The monoisotopic (exact) mass is 385 g/mol. The molecule has 2 rings (SSSR count). The molecule has 1 aromatic carbocycles. The van der Waals surface area contributed by atoms with E-state index < -0.39 is 11.0 Å². The van der Waals surface area contributed by atoms with E-state index in [4.69, 9.17) is 4.74 Å². The lowest BCUT2D eigenvalue weighted by Crippen LogP contribution is -2.24. The summed E-state index contributed by atoms with van der Waals surface area (Å²) in [6, 6.07) is 6.61. The van der Waals surface area contributed by atoms with Gasteiger partial charge < -0.3 is 10.1 Å². The molecule has 1 heterocycles. The van der Waals surface area contributed by atoms with Crippen molar-refractivity contribution in [3.63, 3.8) is 0 Å². The molecule has 2 N–H and O–H groups in total. The molecule has 0 aliphatic rings. The van der Waals surface area contributed by atoms with Crippen LogP contribution in [-0.4, -0.2) is 28.8 Å². The number of pyridine rings is 1. The van der Waals surface area contributed by atoms with Crippen molar-refractivity contribution in [1.82, 2.24) is 10.3 Å². The van der Waals surface area contributed by atoms with Crippen LogP contribution in [0.15, 0.2) is 48.5 Å². The van der Waals surface area contributed by atoms with Crippen LogP contribution in [-0.2, 0) is 11.0 Å². The van der Waals surface area contributed by atoms with Crippen LogP contribution in [0.4, 0.5) is 5.69 Å². The van der Waals surface area contributed by atoms with Gasteiger partial charge in [-0.15, -0.1) is 0 Å². The number of aromatic nitrogens is 1. The van der Waals surface area contributed by atoms with E-state index in [0.717, 1.165) is 12.0 Å². The highest BCUT2D eigenvalue weighted by Crippen LogP contribution is 2.25. The Balaban J connectivity index is 2.30. The van der Waals surface area contributed by atoms with Gasteiger partial charge in [-0.3, -0.25) is 14.5 Å². The first-order valence-electron chi connectivity index (χ1n) is 8.43. The summed E-state index contributed by atoms with van der Waals surface area (Å²) in [7, 11) is -0.163. The van der Waals surface area contributed by atoms with Gasteiger partial charge in [0.2, 0.25) is 0 Å². The zero-order valence-electron chi connectivity index (χ0n) is 15.5. The molecule has 142 valence electrons. The predicted octanol–water partition coefficient (Wildman–Crippen LogP) is 3.65. The fourth-order valence-corrected chi connectivity index (χ4v) is 3.35. The largest absolute Gasteiger partial charge is 0.495 e. The minimum atomic E-state index is -1.65. The summed E-state index contributed by atoms with van der Waals surface area (Å²) in [6.45, 7) is 10.00. The Bertz CT molecular complexity index is 881. The van der Waals surface area contributed by atoms with Crippen molar-refractivity contribution in [2.75, 3.05) is 18.4 Å². The van der Waals surface area contributed by atoms with Crippen molar-refractivity contribution < 1.29 is 13.7 Å². The Labute approximate surface area is 161 Å². The molecule has 1 unspecified atom stereocenters. The van der Waals surface area contributed by atoms with Crippen LogP contribution in [0.3, 0.4) is 0 Å². The standard InChI is InChI=1S/C20H23N3O3S/c1-5-10-21-20(24)15-8-9-18(26-4)19(12-15)27(25)23-16-11-14(6-2)17(7-3)22-13-16/h6-9,11-13,23H,2-3,5,10H2,1,4H3,(H,21,24). The van der Waals surface area contributed by atoms with E-state index in [1.54, 1.807) is 42.6 Å². The van der Waals surface area contributed by atoms with Crippen molar-refractivity contribution in [2.24, 2.45) is 0 Å². The molecule has 1 aromatic heterocycles. The van der Waals surface area contributed by atoms with E-state index in [1.165, 1.54) is 7.11 Å². The van der Waals surface area contributed by atoms with Gasteiger partial charge in [-0.05, 0) is 36.8 Å². The van der Waals surface area contributed by atoms with Crippen molar-refractivity contribution in [2.45, 2.75) is 18.2 Å². The molecule has 1 amide bonds. The van der Waals surface area contributed by atoms with Crippen LogP contribution in [0.1, 0.15) is 35.0 Å². The van der Waals surface area contributed by atoms with E-state index in [0.29, 0.717) is 34.1 Å². The van der Waals surface area contributed by atoms with Gasteiger partial charge in [0.1, 0.15) is 10.6 Å². The van der Waals surface area contributed by atoms with Crippen molar-refractivity contribution >= 4 is 34.7 Å². The highest BCUT2D eigenvalue weighted by atomic mass is 32.2. The molecule has 0 spiro atoms. The van der Waals surface area contributed by atoms with E-state index in [2.05, 4.69) is 28.2 Å². The van der Waals surface area contributed by atoms with Crippen LogP contribution in [0, 0.1) is 0 Å². The number of carbonyl (C=O) groups is 1. The minimum Gasteiger partial charge on any atom is -0.495 e. The third-order valence-corrected chi connectivity index (χ3v) is 4.87. The Morgan fingerprint density at radius 1 is 1.30 bits per heavy atom. The topological polar surface area (TPSA) is 80.3 Å². The van der Waals surface area contributed by atoms with Gasteiger partial charge in [0.25, 0.3) is 5.91 Å². The van der Waals surface area contributed by atoms with Crippen LogP contribution < -0.4 is 14.8 Å². The van der Waals surface area contributed by atoms with Gasteiger partial charge in [0, 0.05) is 17.7 Å². The summed E-state index contributed by atoms with van der Waals surface area (Å²) in [6.07, 6.45) is 5.67. The Hall–Kier alpha value is -2.93. The van der Waals surface area contributed by atoms with Gasteiger partial charge in [0.05, 0.1) is 24.7 Å². The Kier molecular flexibility index (Phi) is 7.31. The maximum Gasteiger partial charge on any atom is 0.251 e. The van der Waals surface area contributed by atoms with Crippen LogP contribution in [0.5, 0.6) is 5.75 Å². The normalized spacial score (nSPS) is 11.3. The van der Waals surface area contributed by atoms with E-state index in [-0.39, 0.29) is 5.91 Å². The minimum absolute atomic E-state index is 0.219. The number of nitrogens with one attached hydrogen (secondary N) is 2. The summed E-state index contributed by atoms with van der Waals surface area (Å²) >= 11 is 0. The fourth-order valence-electron chi connectivity index (χ4n) is 2.35. The third kappa shape index (κ3) is 5.04. The second-order valence-electron chi connectivity index (χ2n) is 5.60. The number of benzene rings is 1. The average molecular weight is 385 g/mol. The van der Waals surface area contributed by atoms with Crippen LogP contribution in [0.25, 0.3) is 12.2 Å². The van der Waals surface area contributed by atoms with Gasteiger partial charge >= 0.3 is 0 Å². The van der Waals surface area contributed by atoms with Gasteiger partial charge in [-0.2, -0.15) is 0 Å². The first-order valence-corrected chi connectivity index (χ1v) is 9.58. The maximum absolute atomic E-state index is 12.9. The molecule has 0 saturated heterocycles.